The van der Waals surface area contributed by atoms with Crippen molar-refractivity contribution in [1.82, 2.24) is 9.55 Å². The average molecular weight is 327 g/mol. The summed E-state index contributed by atoms with van der Waals surface area (Å²) in [6.07, 6.45) is 3.68. The van der Waals surface area contributed by atoms with Crippen LogP contribution in [0.15, 0.2) is 46.7 Å². The van der Waals surface area contributed by atoms with Crippen molar-refractivity contribution in [2.75, 3.05) is 11.9 Å². The van der Waals surface area contributed by atoms with Gasteiger partial charge in [0, 0.05) is 42.5 Å². The quantitative estimate of drug-likeness (QED) is 0.885. The first-order valence-corrected chi connectivity index (χ1v) is 7.18. The molecule has 3 N–H and O–H groups in total. The topological polar surface area (TPSA) is 72.9 Å². The van der Waals surface area contributed by atoms with Crippen LogP contribution in [0.5, 0.6) is 0 Å². The van der Waals surface area contributed by atoms with E-state index in [0.717, 1.165) is 15.7 Å². The number of nitrogens with two attached hydrogens (primary N) is 1. The molecule has 0 bridgehead atoms. The number of amides is 1. The molecule has 0 saturated heterocycles. The highest BCUT2D eigenvalue weighted by molar-refractivity contribution is 7.99. The minimum absolute atomic E-state index is 0. The Kier molecular flexibility index (Phi) is 6.74. The fourth-order valence-corrected chi connectivity index (χ4v) is 2.34. The molecule has 5 nitrogen and oxygen atoms in total. The lowest BCUT2D eigenvalue weighted by atomic mass is 10.1. The van der Waals surface area contributed by atoms with E-state index in [-0.39, 0.29) is 24.2 Å². The maximum Gasteiger partial charge on any atom is 0.228 e. The van der Waals surface area contributed by atoms with E-state index in [2.05, 4.69) is 10.3 Å². The van der Waals surface area contributed by atoms with Crippen molar-refractivity contribution in [2.24, 2.45) is 18.7 Å². The SMILES string of the molecule is CC(CN)C(=O)Nc1ccc(Sc2nccn2C)cc1.Cl. The fraction of sp³-hybridized carbons (Fsp3) is 0.286. The summed E-state index contributed by atoms with van der Waals surface area (Å²) < 4.78 is 1.96. The Balaban J connectivity index is 0.00000220. The third kappa shape index (κ3) is 4.77. The summed E-state index contributed by atoms with van der Waals surface area (Å²) in [5.41, 5.74) is 6.24. The van der Waals surface area contributed by atoms with Gasteiger partial charge < -0.3 is 15.6 Å². The Bertz CT molecular complexity index is 585. The van der Waals surface area contributed by atoms with Crippen molar-refractivity contribution in [2.45, 2.75) is 17.0 Å². The molecule has 114 valence electrons. The van der Waals surface area contributed by atoms with Crippen LogP contribution in [0.25, 0.3) is 0 Å². The molecule has 2 rings (SSSR count). The van der Waals surface area contributed by atoms with Crippen LogP contribution in [0.4, 0.5) is 5.69 Å². The number of imidazole rings is 1. The second-order valence-corrected chi connectivity index (χ2v) is 5.61. The maximum absolute atomic E-state index is 11.7. The largest absolute Gasteiger partial charge is 0.330 e. The monoisotopic (exact) mass is 326 g/mol. The van der Waals surface area contributed by atoms with E-state index in [9.17, 15) is 4.79 Å². The zero-order chi connectivity index (χ0) is 14.5. The van der Waals surface area contributed by atoms with Crippen LogP contribution in [-0.4, -0.2) is 22.0 Å². The molecule has 2 aromatic rings. The van der Waals surface area contributed by atoms with E-state index in [4.69, 9.17) is 5.73 Å². The van der Waals surface area contributed by atoms with Gasteiger partial charge in [-0.3, -0.25) is 4.79 Å². The zero-order valence-corrected chi connectivity index (χ0v) is 13.6. The van der Waals surface area contributed by atoms with Crippen molar-refractivity contribution in [3.8, 4) is 0 Å². The lowest BCUT2D eigenvalue weighted by Gasteiger charge is -2.10. The average Bonchev–Trinajstić information content (AvgIpc) is 2.85. The highest BCUT2D eigenvalue weighted by Gasteiger charge is 2.10. The first-order valence-electron chi connectivity index (χ1n) is 6.36. The first kappa shape index (κ1) is 17.6. The Morgan fingerprint density at radius 1 is 1.43 bits per heavy atom. The van der Waals surface area contributed by atoms with Gasteiger partial charge in [0.05, 0.1) is 0 Å². The first-order chi connectivity index (χ1) is 9.60. The van der Waals surface area contributed by atoms with E-state index >= 15 is 0 Å². The van der Waals surface area contributed by atoms with Crippen LogP contribution < -0.4 is 11.1 Å². The molecule has 0 aliphatic heterocycles. The predicted molar refractivity (Wildman–Crippen MR) is 87.9 cm³/mol. The number of aryl methyl sites for hydroxylation is 1. The molecule has 1 unspecified atom stereocenters. The number of nitrogens with zero attached hydrogens (tertiary/aromatic N) is 2. The number of rotatable bonds is 5. The van der Waals surface area contributed by atoms with Gasteiger partial charge in [-0.2, -0.15) is 0 Å². The molecule has 1 atom stereocenters. The second kappa shape index (κ2) is 8.07. The molecule has 1 heterocycles. The number of carbonyl (C=O) groups is 1. The molecule has 1 aromatic heterocycles. The third-order valence-corrected chi connectivity index (χ3v) is 3.99. The summed E-state index contributed by atoms with van der Waals surface area (Å²) in [5.74, 6) is -0.242. The van der Waals surface area contributed by atoms with Crippen LogP contribution >= 0.6 is 24.2 Å². The standard InChI is InChI=1S/C14H18N4OS.ClH/c1-10(9-15)13(19)17-11-3-5-12(6-4-11)20-14-16-7-8-18(14)2;/h3-8,10H,9,15H2,1-2H3,(H,17,19);1H. The van der Waals surface area contributed by atoms with Crippen LogP contribution in [0.3, 0.4) is 0 Å². The van der Waals surface area contributed by atoms with Gasteiger partial charge in [-0.25, -0.2) is 4.98 Å². The number of halogens is 1. The molecule has 1 amide bonds. The number of nitrogens with one attached hydrogen (secondary N) is 1. The summed E-state index contributed by atoms with van der Waals surface area (Å²) in [6, 6.07) is 7.68. The van der Waals surface area contributed by atoms with Gasteiger partial charge in [0.1, 0.15) is 0 Å². The van der Waals surface area contributed by atoms with E-state index < -0.39 is 0 Å². The van der Waals surface area contributed by atoms with Gasteiger partial charge in [-0.15, -0.1) is 12.4 Å². The summed E-state index contributed by atoms with van der Waals surface area (Å²) in [4.78, 5) is 17.1. The molecule has 7 heteroatoms. The lowest BCUT2D eigenvalue weighted by Crippen LogP contribution is -2.26. The Morgan fingerprint density at radius 2 is 2.10 bits per heavy atom. The molecular weight excluding hydrogens is 308 g/mol. The van der Waals surface area contributed by atoms with Crippen LogP contribution in [0, 0.1) is 5.92 Å². The molecule has 0 fully saturated rings. The summed E-state index contributed by atoms with van der Waals surface area (Å²) in [5, 5.41) is 3.77. The number of benzene rings is 1. The van der Waals surface area contributed by atoms with E-state index in [0.29, 0.717) is 6.54 Å². The number of aromatic nitrogens is 2. The van der Waals surface area contributed by atoms with Crippen LogP contribution in [0.1, 0.15) is 6.92 Å². The highest BCUT2D eigenvalue weighted by Crippen LogP contribution is 2.26. The molecule has 1 aromatic carbocycles. The predicted octanol–water partition coefficient (Wildman–Crippen LogP) is 2.53. The van der Waals surface area contributed by atoms with E-state index in [1.807, 2.05) is 42.1 Å². The van der Waals surface area contributed by atoms with Crippen molar-refractivity contribution in [3.63, 3.8) is 0 Å². The van der Waals surface area contributed by atoms with Crippen molar-refractivity contribution in [1.29, 1.82) is 0 Å². The van der Waals surface area contributed by atoms with Gasteiger partial charge in [0.2, 0.25) is 5.91 Å². The van der Waals surface area contributed by atoms with Crippen molar-refractivity contribution >= 4 is 35.8 Å². The smallest absolute Gasteiger partial charge is 0.228 e. The summed E-state index contributed by atoms with van der Waals surface area (Å²) >= 11 is 1.58. The number of carbonyl (C=O) groups excluding carboxylic acids is 1. The Labute approximate surface area is 134 Å². The van der Waals surface area contributed by atoms with E-state index in [1.54, 1.807) is 24.9 Å². The highest BCUT2D eigenvalue weighted by atomic mass is 35.5. The lowest BCUT2D eigenvalue weighted by molar-refractivity contribution is -0.119. The molecule has 0 saturated carbocycles. The number of hydrogen-bond donors (Lipinski definition) is 2. The Hall–Kier alpha value is -1.50. The van der Waals surface area contributed by atoms with Gasteiger partial charge in [0.15, 0.2) is 5.16 Å². The normalized spacial score (nSPS) is 11.6. The van der Waals surface area contributed by atoms with Gasteiger partial charge in [-0.05, 0) is 24.3 Å². The number of anilines is 1. The summed E-state index contributed by atoms with van der Waals surface area (Å²) in [6.45, 7) is 2.15. The zero-order valence-electron chi connectivity index (χ0n) is 11.9. The van der Waals surface area contributed by atoms with Crippen LogP contribution in [-0.2, 0) is 11.8 Å². The summed E-state index contributed by atoms with van der Waals surface area (Å²) in [7, 11) is 1.96. The molecule has 21 heavy (non-hydrogen) atoms. The Morgan fingerprint density at radius 3 is 2.62 bits per heavy atom. The maximum atomic E-state index is 11.7. The minimum atomic E-state index is -0.184. The molecule has 0 aliphatic rings. The molecule has 0 spiro atoms. The van der Waals surface area contributed by atoms with Crippen molar-refractivity contribution in [3.05, 3.63) is 36.7 Å². The third-order valence-electron chi connectivity index (χ3n) is 2.91. The van der Waals surface area contributed by atoms with Crippen LogP contribution in [0.2, 0.25) is 0 Å². The van der Waals surface area contributed by atoms with Crippen molar-refractivity contribution < 1.29 is 4.79 Å². The van der Waals surface area contributed by atoms with E-state index in [1.165, 1.54) is 0 Å². The minimum Gasteiger partial charge on any atom is -0.330 e. The fourth-order valence-electron chi connectivity index (χ4n) is 1.53. The molecule has 0 radical (unpaired) electrons. The molecular formula is C14H19ClN4OS. The second-order valence-electron chi connectivity index (χ2n) is 4.57. The van der Waals surface area contributed by atoms with Gasteiger partial charge in [-0.1, -0.05) is 18.7 Å². The number of hydrogen-bond acceptors (Lipinski definition) is 4. The van der Waals surface area contributed by atoms with Gasteiger partial charge >= 0.3 is 0 Å². The van der Waals surface area contributed by atoms with Gasteiger partial charge in [0.25, 0.3) is 0 Å². The molecule has 0 aliphatic carbocycles.